The minimum Gasteiger partial charge on any atom is -0.370 e. The number of carbonyl (C=O) groups excluding carboxylic acids is 1. The molecule has 134 valence electrons. The zero-order chi connectivity index (χ0) is 16.2. The van der Waals surface area contributed by atoms with E-state index in [1.165, 1.54) is 6.07 Å². The van der Waals surface area contributed by atoms with E-state index < -0.39 is 17.7 Å². The van der Waals surface area contributed by atoms with Crippen molar-refractivity contribution in [2.75, 3.05) is 37.7 Å². The molecule has 4 nitrogen and oxygen atoms in total. The molecule has 2 heterocycles. The molecule has 1 amide bonds. The fourth-order valence-electron chi connectivity index (χ4n) is 2.88. The van der Waals surface area contributed by atoms with E-state index in [4.69, 9.17) is 4.74 Å². The Hall–Kier alpha value is -0.890. The molecule has 0 aliphatic carbocycles. The predicted octanol–water partition coefficient (Wildman–Crippen LogP) is 2.38. The van der Waals surface area contributed by atoms with Gasteiger partial charge in [-0.2, -0.15) is 11.8 Å². The Morgan fingerprint density at radius 2 is 2.21 bits per heavy atom. The Morgan fingerprint density at radius 1 is 1.38 bits per heavy atom. The van der Waals surface area contributed by atoms with Crippen LogP contribution >= 0.6 is 24.2 Å². The molecule has 1 N–H and O–H groups in total. The van der Waals surface area contributed by atoms with E-state index in [2.05, 4.69) is 5.32 Å². The smallest absolute Gasteiger partial charge is 0.224 e. The van der Waals surface area contributed by atoms with Crippen molar-refractivity contribution >= 4 is 30.1 Å². The topological polar surface area (TPSA) is 41.6 Å². The summed E-state index contributed by atoms with van der Waals surface area (Å²) in [6, 6.07) is 3.97. The summed E-state index contributed by atoms with van der Waals surface area (Å²) < 4.78 is 32.0. The molecule has 0 spiro atoms. The Labute approximate surface area is 150 Å². The van der Waals surface area contributed by atoms with Gasteiger partial charge in [0.25, 0.3) is 0 Å². The lowest BCUT2D eigenvalue weighted by molar-refractivity contribution is -0.139. The van der Waals surface area contributed by atoms with Crippen molar-refractivity contribution in [2.24, 2.45) is 0 Å². The van der Waals surface area contributed by atoms with Crippen LogP contribution in [0, 0.1) is 11.6 Å². The number of benzene rings is 1. The van der Waals surface area contributed by atoms with Crippen molar-refractivity contribution < 1.29 is 18.3 Å². The third-order valence-electron chi connectivity index (χ3n) is 4.15. The number of amides is 1. The van der Waals surface area contributed by atoms with Gasteiger partial charge in [0.1, 0.15) is 6.10 Å². The first-order valence-electron chi connectivity index (χ1n) is 7.79. The summed E-state index contributed by atoms with van der Waals surface area (Å²) in [4.78, 5) is 14.2. The van der Waals surface area contributed by atoms with Crippen molar-refractivity contribution in [1.29, 1.82) is 0 Å². The molecule has 24 heavy (non-hydrogen) atoms. The van der Waals surface area contributed by atoms with E-state index in [1.54, 1.807) is 4.90 Å². The van der Waals surface area contributed by atoms with E-state index >= 15 is 0 Å². The van der Waals surface area contributed by atoms with Gasteiger partial charge in [0, 0.05) is 37.1 Å². The molecule has 1 aromatic rings. The van der Waals surface area contributed by atoms with Crippen LogP contribution in [-0.2, 0) is 9.53 Å². The molecule has 1 aromatic carbocycles. The average molecular weight is 379 g/mol. The largest absolute Gasteiger partial charge is 0.370 e. The Bertz CT molecular complexity index is 573. The second-order valence-electron chi connectivity index (χ2n) is 5.80. The Balaban J connectivity index is 0.00000208. The number of nitrogens with zero attached hydrogens (tertiary/aromatic N) is 1. The number of carbonyl (C=O) groups is 1. The van der Waals surface area contributed by atoms with Crippen LogP contribution in [0.1, 0.15) is 18.1 Å². The summed E-state index contributed by atoms with van der Waals surface area (Å²) in [5, 5.41) is 3.35. The predicted molar refractivity (Wildman–Crippen MR) is 92.6 cm³/mol. The molecule has 0 saturated carbocycles. The van der Waals surface area contributed by atoms with Crippen molar-refractivity contribution in [1.82, 2.24) is 10.2 Å². The third kappa shape index (κ3) is 4.81. The number of halogens is 3. The van der Waals surface area contributed by atoms with Crippen molar-refractivity contribution in [3.05, 3.63) is 35.4 Å². The van der Waals surface area contributed by atoms with Gasteiger partial charge in [-0.25, -0.2) is 8.78 Å². The molecule has 2 saturated heterocycles. The molecular weight excluding hydrogens is 358 g/mol. The first-order chi connectivity index (χ1) is 11.1. The highest BCUT2D eigenvalue weighted by Crippen LogP contribution is 2.24. The van der Waals surface area contributed by atoms with Gasteiger partial charge in [-0.15, -0.1) is 12.4 Å². The second-order valence-corrected chi connectivity index (χ2v) is 6.95. The Morgan fingerprint density at radius 3 is 2.92 bits per heavy atom. The van der Waals surface area contributed by atoms with Gasteiger partial charge in [-0.3, -0.25) is 4.79 Å². The lowest BCUT2D eigenvalue weighted by Gasteiger charge is -2.34. The van der Waals surface area contributed by atoms with E-state index in [0.29, 0.717) is 31.7 Å². The Kier molecular flexibility index (Phi) is 7.28. The van der Waals surface area contributed by atoms with Crippen LogP contribution in [0.3, 0.4) is 0 Å². The quantitative estimate of drug-likeness (QED) is 0.876. The standard InChI is InChI=1S/C16H20F2N2O2S.ClH/c17-13-2-1-11(7-14(13)18)15-9-20(4-5-22-15)16(21)8-12-10-23-6-3-19-12;/h1-2,7,12,15,19H,3-6,8-10H2;1H. The normalized spacial score (nSPS) is 24.3. The summed E-state index contributed by atoms with van der Waals surface area (Å²) in [5.74, 6) is 0.348. The number of rotatable bonds is 3. The fraction of sp³-hybridized carbons (Fsp3) is 0.562. The van der Waals surface area contributed by atoms with Gasteiger partial charge in [-0.1, -0.05) is 6.07 Å². The van der Waals surface area contributed by atoms with E-state index in [9.17, 15) is 13.6 Å². The first-order valence-corrected chi connectivity index (χ1v) is 8.94. The van der Waals surface area contributed by atoms with Crippen LogP contribution in [0.5, 0.6) is 0 Å². The van der Waals surface area contributed by atoms with Gasteiger partial charge >= 0.3 is 0 Å². The zero-order valence-electron chi connectivity index (χ0n) is 13.2. The van der Waals surface area contributed by atoms with Crippen molar-refractivity contribution in [3.63, 3.8) is 0 Å². The minimum absolute atomic E-state index is 0. The summed E-state index contributed by atoms with van der Waals surface area (Å²) in [7, 11) is 0. The molecule has 0 bridgehead atoms. The van der Waals surface area contributed by atoms with Gasteiger partial charge < -0.3 is 15.0 Å². The van der Waals surface area contributed by atoms with Crippen LogP contribution in [-0.4, -0.2) is 54.6 Å². The molecule has 2 aliphatic rings. The monoisotopic (exact) mass is 378 g/mol. The maximum Gasteiger partial charge on any atom is 0.224 e. The number of thioether (sulfide) groups is 1. The summed E-state index contributed by atoms with van der Waals surface area (Å²) in [5.41, 5.74) is 0.563. The van der Waals surface area contributed by atoms with E-state index in [-0.39, 0.29) is 24.4 Å². The summed E-state index contributed by atoms with van der Waals surface area (Å²) in [6.07, 6.45) is 0.0637. The molecular formula is C16H21ClF2N2O2S. The van der Waals surface area contributed by atoms with Gasteiger partial charge in [-0.05, 0) is 17.7 Å². The van der Waals surface area contributed by atoms with Crippen LogP contribution < -0.4 is 5.32 Å². The molecule has 0 radical (unpaired) electrons. The minimum atomic E-state index is -0.891. The number of ether oxygens (including phenoxy) is 1. The molecule has 2 fully saturated rings. The number of hydrogen-bond donors (Lipinski definition) is 1. The lowest BCUT2D eigenvalue weighted by Crippen LogP contribution is -2.46. The number of nitrogens with one attached hydrogen (secondary N) is 1. The van der Waals surface area contributed by atoms with Crippen LogP contribution in [0.2, 0.25) is 0 Å². The van der Waals surface area contributed by atoms with Crippen molar-refractivity contribution in [2.45, 2.75) is 18.6 Å². The highest BCUT2D eigenvalue weighted by molar-refractivity contribution is 7.99. The fourth-order valence-corrected chi connectivity index (χ4v) is 3.83. The number of hydrogen-bond acceptors (Lipinski definition) is 4. The third-order valence-corrected chi connectivity index (χ3v) is 5.28. The molecule has 3 rings (SSSR count). The maximum absolute atomic E-state index is 13.4. The molecule has 2 unspecified atom stereocenters. The van der Waals surface area contributed by atoms with Crippen LogP contribution in [0.4, 0.5) is 8.78 Å². The van der Waals surface area contributed by atoms with Crippen LogP contribution in [0.25, 0.3) is 0 Å². The second kappa shape index (κ2) is 8.99. The number of morpholine rings is 1. The zero-order valence-corrected chi connectivity index (χ0v) is 14.8. The highest BCUT2D eigenvalue weighted by atomic mass is 35.5. The highest BCUT2D eigenvalue weighted by Gasteiger charge is 2.27. The van der Waals surface area contributed by atoms with Crippen LogP contribution in [0.15, 0.2) is 18.2 Å². The average Bonchev–Trinajstić information content (AvgIpc) is 2.58. The molecule has 2 atom stereocenters. The van der Waals surface area contributed by atoms with Gasteiger partial charge in [0.05, 0.1) is 13.2 Å². The van der Waals surface area contributed by atoms with Crippen molar-refractivity contribution in [3.8, 4) is 0 Å². The molecule has 0 aromatic heterocycles. The SMILES string of the molecule is Cl.O=C(CC1CSCCN1)N1CCOC(c2ccc(F)c(F)c2)C1. The summed E-state index contributed by atoms with van der Waals surface area (Å²) in [6.45, 7) is 2.26. The lowest BCUT2D eigenvalue weighted by atomic mass is 10.1. The first kappa shape index (κ1) is 19.4. The summed E-state index contributed by atoms with van der Waals surface area (Å²) >= 11 is 1.86. The van der Waals surface area contributed by atoms with Gasteiger partial charge in [0.2, 0.25) is 5.91 Å². The van der Waals surface area contributed by atoms with Gasteiger partial charge in [0.15, 0.2) is 11.6 Å². The molecule has 8 heteroatoms. The van der Waals surface area contributed by atoms with E-state index in [1.807, 2.05) is 11.8 Å². The maximum atomic E-state index is 13.4. The molecule has 2 aliphatic heterocycles. The van der Waals surface area contributed by atoms with E-state index in [0.717, 1.165) is 30.2 Å².